The second-order valence-corrected chi connectivity index (χ2v) is 23.0. The van der Waals surface area contributed by atoms with Gasteiger partial charge in [-0.05, 0) is 86.3 Å². The zero-order chi connectivity index (χ0) is 62.4. The van der Waals surface area contributed by atoms with Crippen LogP contribution in [0.1, 0.15) is 55.1 Å². The molecule has 1 aliphatic rings. The quantitative estimate of drug-likeness (QED) is 0.0219. The number of para-hydroxylation sites is 3. The molecule has 1 saturated heterocycles. The number of anilines is 1. The van der Waals surface area contributed by atoms with Gasteiger partial charge in [0.25, 0.3) is 17.3 Å². The van der Waals surface area contributed by atoms with Gasteiger partial charge in [-0.15, -0.1) is 0 Å². The fraction of sp³-hybridized carbons (Fsp3) is 0.439. The minimum absolute atomic E-state index is 0.00369. The molecule has 1 fully saturated rings. The Balaban J connectivity index is 1.33. The van der Waals surface area contributed by atoms with Crippen molar-refractivity contribution in [2.24, 2.45) is 0 Å². The van der Waals surface area contributed by atoms with E-state index >= 15 is 8.42 Å². The number of nitro benzene ring substituents is 2. The molecule has 86 heavy (non-hydrogen) atoms. The fourth-order valence-corrected chi connectivity index (χ4v) is 12.7. The van der Waals surface area contributed by atoms with E-state index in [-0.39, 0.29) is 111 Å². The Bertz CT molecular complexity index is 3330. The van der Waals surface area contributed by atoms with E-state index in [1.165, 1.54) is 35.2 Å². The maximum Gasteiger partial charge on any atom is 0.417 e. The van der Waals surface area contributed by atoms with Gasteiger partial charge in [-0.2, -0.15) is 21.8 Å². The van der Waals surface area contributed by atoms with Crippen LogP contribution in [-0.2, 0) is 51.7 Å². The average molecular weight is 1250 g/mol. The third-order valence-corrected chi connectivity index (χ3v) is 17.4. The molecule has 1 atom stereocenters. The van der Waals surface area contributed by atoms with Gasteiger partial charge >= 0.3 is 12.3 Å². The smallest absolute Gasteiger partial charge is 0.417 e. The summed E-state index contributed by atoms with van der Waals surface area (Å²) in [6, 6.07) is 24.1. The van der Waals surface area contributed by atoms with Crippen LogP contribution in [0.2, 0.25) is 0 Å². The number of nitrogens with zero attached hydrogens (tertiary/aromatic N) is 6. The molecule has 0 aliphatic carbocycles. The Labute approximate surface area is 496 Å². The Morgan fingerprint density at radius 1 is 0.686 bits per heavy atom. The number of ether oxygens (including phenoxy) is 6. The van der Waals surface area contributed by atoms with Crippen LogP contribution in [0.25, 0.3) is 11.1 Å². The fourth-order valence-electron chi connectivity index (χ4n) is 9.54. The highest BCUT2D eigenvalue weighted by molar-refractivity contribution is 7.89. The van der Waals surface area contributed by atoms with Crippen molar-refractivity contribution in [3.8, 4) is 22.6 Å². The number of nitro groups is 2. The first kappa shape index (κ1) is 67.6. The topological polar surface area (TPSA) is 289 Å². The Morgan fingerprint density at radius 3 is 1.83 bits per heavy atom. The van der Waals surface area contributed by atoms with Crippen LogP contribution in [-0.4, -0.2) is 175 Å². The monoisotopic (exact) mass is 1250 g/mol. The lowest BCUT2D eigenvalue weighted by Gasteiger charge is -2.44. The van der Waals surface area contributed by atoms with Crippen LogP contribution in [0.3, 0.4) is 0 Å². The molecule has 0 unspecified atom stereocenters. The van der Waals surface area contributed by atoms with Gasteiger partial charge < -0.3 is 48.6 Å². The summed E-state index contributed by atoms with van der Waals surface area (Å²) in [7, 11) is -9.83. The molecule has 2 amide bonds. The van der Waals surface area contributed by atoms with E-state index in [4.69, 9.17) is 33.5 Å². The summed E-state index contributed by atoms with van der Waals surface area (Å²) in [6.07, 6.45) is -5.72. The van der Waals surface area contributed by atoms with Gasteiger partial charge in [-0.1, -0.05) is 55.5 Å². The summed E-state index contributed by atoms with van der Waals surface area (Å²) in [5, 5.41) is 35.6. The number of hydrogen-bond donors (Lipinski definition) is 2. The molecule has 5 aromatic carbocycles. The predicted molar refractivity (Wildman–Crippen MR) is 309 cm³/mol. The molecule has 468 valence electrons. The first-order chi connectivity index (χ1) is 41.1. The number of carbonyl (C=O) groups excluding carboxylic acids is 1. The van der Waals surface area contributed by atoms with Gasteiger partial charge in [-0.25, -0.2) is 21.6 Å². The largest absolute Gasteiger partial charge is 0.494 e. The minimum Gasteiger partial charge on any atom is -0.494 e. The van der Waals surface area contributed by atoms with Gasteiger partial charge in [0.05, 0.1) is 80.4 Å². The molecule has 1 aliphatic heterocycles. The maximum absolute atomic E-state index is 15.3. The van der Waals surface area contributed by atoms with E-state index in [2.05, 4.69) is 5.32 Å². The normalized spacial score (nSPS) is 13.9. The molecular weight excluding hydrogens is 1180 g/mol. The Kier molecular flexibility index (Phi) is 25.4. The molecule has 5 aromatic rings. The molecule has 2 N–H and O–H groups in total. The number of piperazine rings is 1. The summed E-state index contributed by atoms with van der Waals surface area (Å²) in [5.74, 6) is -0.449. The number of benzene rings is 5. The second-order valence-electron chi connectivity index (χ2n) is 19.1. The zero-order valence-electron chi connectivity index (χ0n) is 47.7. The van der Waals surface area contributed by atoms with Crippen molar-refractivity contribution in [1.82, 2.24) is 18.8 Å². The highest BCUT2D eigenvalue weighted by atomic mass is 32.2. The van der Waals surface area contributed by atoms with E-state index in [0.717, 1.165) is 45.0 Å². The van der Waals surface area contributed by atoms with E-state index in [1.807, 2.05) is 11.8 Å². The molecule has 0 saturated carbocycles. The summed E-state index contributed by atoms with van der Waals surface area (Å²) >= 11 is 0. The van der Waals surface area contributed by atoms with Crippen LogP contribution in [0.15, 0.2) is 119 Å². The minimum atomic E-state index is -5.00. The van der Waals surface area contributed by atoms with E-state index in [0.29, 0.717) is 34.5 Å². The van der Waals surface area contributed by atoms with Crippen molar-refractivity contribution in [2.75, 3.05) is 117 Å². The van der Waals surface area contributed by atoms with Gasteiger partial charge in [0.15, 0.2) is 9.79 Å². The number of amides is 2. The van der Waals surface area contributed by atoms with Crippen LogP contribution >= 0.6 is 0 Å². The Hall–Kier alpha value is -7.51. The standard InChI is InChI=1S/C57H70F3N7O17S2/c1-4-44-41-62(55(68)47-22-21-45(83-5-2)39-48(47)57(58,59)60)26-29-65(44)49-23-20-42(46-14-7-10-17-52(46)84-6-3)38-43(49)40-64(86(77,78)54-19-12-9-16-51(54)67(73)74)28-27-63(85(75,76)53-18-11-8-15-50(53)66(71)72)25-13-30-79-32-34-81-36-37-82-35-33-80-31-24-61-56(69)70/h7-12,14-23,38-39,44,61H,4-6,13,24-37,40-41H2,1-3H3,(H,69,70)/t44-/m1/s1. The summed E-state index contributed by atoms with van der Waals surface area (Å²) in [4.78, 5) is 49.6. The highest BCUT2D eigenvalue weighted by Gasteiger charge is 2.40. The number of sulfonamides is 2. The zero-order valence-corrected chi connectivity index (χ0v) is 49.4. The summed E-state index contributed by atoms with van der Waals surface area (Å²) in [5.41, 5.74) is -1.40. The van der Waals surface area contributed by atoms with Crippen LogP contribution in [0.4, 0.5) is 35.0 Å². The molecule has 29 heteroatoms. The second kappa shape index (κ2) is 32.3. The molecular formula is C57H70F3N7O17S2. The van der Waals surface area contributed by atoms with Crippen LogP contribution in [0.5, 0.6) is 11.5 Å². The van der Waals surface area contributed by atoms with Crippen molar-refractivity contribution < 1.29 is 83.0 Å². The highest BCUT2D eigenvalue weighted by Crippen LogP contribution is 2.39. The van der Waals surface area contributed by atoms with Crippen LogP contribution in [0, 0.1) is 20.2 Å². The molecule has 0 radical (unpaired) electrons. The van der Waals surface area contributed by atoms with Crippen molar-refractivity contribution in [1.29, 1.82) is 0 Å². The van der Waals surface area contributed by atoms with Gasteiger partial charge in [0.1, 0.15) is 11.5 Å². The molecule has 24 nitrogen and oxygen atoms in total. The maximum atomic E-state index is 15.3. The molecule has 1 heterocycles. The number of halogens is 3. The van der Waals surface area contributed by atoms with E-state index in [9.17, 15) is 51.4 Å². The third kappa shape index (κ3) is 18.3. The molecule has 0 spiro atoms. The van der Waals surface area contributed by atoms with Gasteiger partial charge in [-0.3, -0.25) is 25.0 Å². The van der Waals surface area contributed by atoms with Crippen LogP contribution < -0.4 is 19.7 Å². The first-order valence-electron chi connectivity index (χ1n) is 27.6. The lowest BCUT2D eigenvalue weighted by atomic mass is 9.98. The van der Waals surface area contributed by atoms with Crippen molar-refractivity contribution in [3.05, 3.63) is 146 Å². The van der Waals surface area contributed by atoms with Gasteiger partial charge in [0.2, 0.25) is 20.0 Å². The SMILES string of the molecule is CCOc1ccc(C(=O)N2CCN(c3ccc(-c4ccccc4OCC)cc3CN(CCN(CCCOCCOCCOCCOCCNC(=O)O)S(=O)(=O)c3ccccc3[N+](=O)[O-])S(=O)(=O)c3ccccc3[N+](=O)[O-])[C@H](CC)C2)c(C(F)(F)F)c1. The number of hydrogen-bond acceptors (Lipinski definition) is 17. The van der Waals surface area contributed by atoms with Crippen molar-refractivity contribution >= 4 is 49.1 Å². The molecule has 0 aromatic heterocycles. The van der Waals surface area contributed by atoms with E-state index in [1.54, 1.807) is 56.3 Å². The Morgan fingerprint density at radius 2 is 1.24 bits per heavy atom. The average Bonchev–Trinajstić information content (AvgIpc) is 0.915. The number of rotatable bonds is 35. The number of alkyl halides is 3. The van der Waals surface area contributed by atoms with E-state index < -0.39 is 106 Å². The third-order valence-electron chi connectivity index (χ3n) is 13.6. The summed E-state index contributed by atoms with van der Waals surface area (Å²) < 4.78 is 139. The lowest BCUT2D eigenvalue weighted by molar-refractivity contribution is -0.388. The van der Waals surface area contributed by atoms with Gasteiger partial charge in [0, 0.05) is 88.4 Å². The van der Waals surface area contributed by atoms with Crippen molar-refractivity contribution in [3.63, 3.8) is 0 Å². The predicted octanol–water partition coefficient (Wildman–Crippen LogP) is 8.33. The number of carbonyl (C=O) groups is 2. The molecule has 6 rings (SSSR count). The van der Waals surface area contributed by atoms with Crippen molar-refractivity contribution in [2.45, 2.75) is 62.2 Å². The lowest BCUT2D eigenvalue weighted by Crippen LogP contribution is -2.55. The number of carboxylic acid groups (broad SMARTS) is 1. The first-order valence-corrected chi connectivity index (χ1v) is 30.5. The number of nitrogens with one attached hydrogen (secondary N) is 1. The summed E-state index contributed by atoms with van der Waals surface area (Å²) in [6.45, 7) is 4.60. The molecule has 0 bridgehead atoms.